The molecule has 4 heteroatoms. The Morgan fingerprint density at radius 3 is 2.68 bits per heavy atom. The molecule has 1 aliphatic heterocycles. The van der Waals surface area contributed by atoms with E-state index in [4.69, 9.17) is 0 Å². The van der Waals surface area contributed by atoms with Gasteiger partial charge in [0.15, 0.2) is 0 Å². The summed E-state index contributed by atoms with van der Waals surface area (Å²) in [4.78, 5) is 11.8. The molecular formula is C15H21FN2O. The van der Waals surface area contributed by atoms with Gasteiger partial charge in [0, 0.05) is 13.0 Å². The van der Waals surface area contributed by atoms with Crippen LogP contribution in [0.3, 0.4) is 0 Å². The van der Waals surface area contributed by atoms with Crippen LogP contribution >= 0.6 is 0 Å². The largest absolute Gasteiger partial charge is 0.352 e. The highest BCUT2D eigenvalue weighted by Crippen LogP contribution is 2.15. The van der Waals surface area contributed by atoms with Crippen molar-refractivity contribution >= 4 is 5.91 Å². The van der Waals surface area contributed by atoms with Crippen molar-refractivity contribution in [3.8, 4) is 0 Å². The van der Waals surface area contributed by atoms with Crippen LogP contribution in [0.2, 0.25) is 0 Å². The van der Waals surface area contributed by atoms with Crippen LogP contribution in [0.15, 0.2) is 12.1 Å². The Kier molecular flexibility index (Phi) is 4.53. The lowest BCUT2D eigenvalue weighted by molar-refractivity contribution is -0.122. The van der Waals surface area contributed by atoms with Gasteiger partial charge in [-0.15, -0.1) is 0 Å². The average Bonchev–Trinajstić information content (AvgIpc) is 2.86. The monoisotopic (exact) mass is 264 g/mol. The first kappa shape index (κ1) is 14.0. The lowest BCUT2D eigenvalue weighted by Crippen LogP contribution is -2.26. The molecule has 0 bridgehead atoms. The maximum absolute atomic E-state index is 13.5. The van der Waals surface area contributed by atoms with Gasteiger partial charge >= 0.3 is 0 Å². The maximum atomic E-state index is 13.5. The summed E-state index contributed by atoms with van der Waals surface area (Å²) in [6.07, 6.45) is 1.65. The van der Waals surface area contributed by atoms with Gasteiger partial charge in [0.05, 0.1) is 0 Å². The summed E-state index contributed by atoms with van der Waals surface area (Å²) >= 11 is 0. The molecule has 1 fully saturated rings. The van der Waals surface area contributed by atoms with Crippen molar-refractivity contribution in [3.05, 3.63) is 34.6 Å². The molecule has 0 aromatic heterocycles. The first-order valence-electron chi connectivity index (χ1n) is 6.79. The van der Waals surface area contributed by atoms with Crippen molar-refractivity contribution in [1.82, 2.24) is 10.6 Å². The fourth-order valence-corrected chi connectivity index (χ4v) is 2.56. The SMILES string of the molecule is Cc1cc(CNC(=O)CC2CCNC2)cc(C)c1F. The Labute approximate surface area is 113 Å². The Morgan fingerprint density at radius 1 is 1.42 bits per heavy atom. The van der Waals surface area contributed by atoms with E-state index in [1.54, 1.807) is 26.0 Å². The maximum Gasteiger partial charge on any atom is 0.220 e. The molecule has 104 valence electrons. The molecule has 0 radical (unpaired) electrons. The highest BCUT2D eigenvalue weighted by atomic mass is 19.1. The summed E-state index contributed by atoms with van der Waals surface area (Å²) in [7, 11) is 0. The number of rotatable bonds is 4. The zero-order valence-corrected chi connectivity index (χ0v) is 11.6. The van der Waals surface area contributed by atoms with Crippen molar-refractivity contribution in [2.24, 2.45) is 5.92 Å². The molecule has 2 N–H and O–H groups in total. The van der Waals surface area contributed by atoms with Gasteiger partial charge in [-0.2, -0.15) is 0 Å². The minimum absolute atomic E-state index is 0.0772. The number of amides is 1. The van der Waals surface area contributed by atoms with Gasteiger partial charge in [-0.1, -0.05) is 12.1 Å². The predicted octanol–water partition coefficient (Wildman–Crippen LogP) is 2.06. The molecule has 1 atom stereocenters. The molecule has 3 nitrogen and oxygen atoms in total. The van der Waals surface area contributed by atoms with Gasteiger partial charge in [0.2, 0.25) is 5.91 Å². The van der Waals surface area contributed by atoms with E-state index >= 15 is 0 Å². The molecule has 0 saturated carbocycles. The summed E-state index contributed by atoms with van der Waals surface area (Å²) in [6, 6.07) is 3.58. The third kappa shape index (κ3) is 3.77. The zero-order chi connectivity index (χ0) is 13.8. The molecule has 1 amide bonds. The molecule has 0 aliphatic carbocycles. The van der Waals surface area contributed by atoms with E-state index in [2.05, 4.69) is 10.6 Å². The number of aryl methyl sites for hydroxylation is 2. The Hall–Kier alpha value is -1.42. The summed E-state index contributed by atoms with van der Waals surface area (Å²) in [5.41, 5.74) is 2.21. The van der Waals surface area contributed by atoms with E-state index in [0.29, 0.717) is 30.0 Å². The van der Waals surface area contributed by atoms with Crippen molar-refractivity contribution < 1.29 is 9.18 Å². The standard InChI is InChI=1S/C15H21FN2O/c1-10-5-13(6-11(2)15(10)16)9-18-14(19)7-12-3-4-17-8-12/h5-6,12,17H,3-4,7-9H2,1-2H3,(H,18,19). The summed E-state index contributed by atoms with van der Waals surface area (Å²) in [5, 5.41) is 6.16. The molecule has 1 aromatic rings. The second kappa shape index (κ2) is 6.15. The van der Waals surface area contributed by atoms with E-state index in [1.165, 1.54) is 0 Å². The fraction of sp³-hybridized carbons (Fsp3) is 0.533. The topological polar surface area (TPSA) is 41.1 Å². The van der Waals surface area contributed by atoms with Crippen molar-refractivity contribution in [3.63, 3.8) is 0 Å². The van der Waals surface area contributed by atoms with Crippen molar-refractivity contribution in [2.75, 3.05) is 13.1 Å². The lowest BCUT2D eigenvalue weighted by Gasteiger charge is -2.10. The highest BCUT2D eigenvalue weighted by molar-refractivity contribution is 5.76. The third-order valence-electron chi connectivity index (χ3n) is 3.62. The molecule has 2 rings (SSSR count). The molecule has 1 heterocycles. The third-order valence-corrected chi connectivity index (χ3v) is 3.62. The van der Waals surface area contributed by atoms with Gasteiger partial charge in [0.25, 0.3) is 0 Å². The minimum atomic E-state index is -0.160. The fourth-order valence-electron chi connectivity index (χ4n) is 2.56. The van der Waals surface area contributed by atoms with Crippen LogP contribution in [0.5, 0.6) is 0 Å². The number of hydrogen-bond acceptors (Lipinski definition) is 2. The number of halogens is 1. The molecule has 1 unspecified atom stereocenters. The van der Waals surface area contributed by atoms with Gasteiger partial charge in [-0.05, 0) is 56.0 Å². The summed E-state index contributed by atoms with van der Waals surface area (Å²) in [6.45, 7) is 5.91. The van der Waals surface area contributed by atoms with Crippen LogP contribution in [0.4, 0.5) is 4.39 Å². The Morgan fingerprint density at radius 2 is 2.11 bits per heavy atom. The van der Waals surface area contributed by atoms with Gasteiger partial charge in [0.1, 0.15) is 5.82 Å². The number of carbonyl (C=O) groups excluding carboxylic acids is 1. The van der Waals surface area contributed by atoms with Crippen LogP contribution < -0.4 is 10.6 Å². The second-order valence-electron chi connectivity index (χ2n) is 5.38. The van der Waals surface area contributed by atoms with E-state index < -0.39 is 0 Å². The van der Waals surface area contributed by atoms with Crippen LogP contribution in [0.25, 0.3) is 0 Å². The van der Waals surface area contributed by atoms with E-state index in [9.17, 15) is 9.18 Å². The van der Waals surface area contributed by atoms with Gasteiger partial charge in [-0.25, -0.2) is 4.39 Å². The van der Waals surface area contributed by atoms with Gasteiger partial charge in [-0.3, -0.25) is 4.79 Å². The summed E-state index contributed by atoms with van der Waals surface area (Å²) < 4.78 is 13.5. The van der Waals surface area contributed by atoms with Crippen LogP contribution in [0, 0.1) is 25.6 Å². The lowest BCUT2D eigenvalue weighted by atomic mass is 10.0. The minimum Gasteiger partial charge on any atom is -0.352 e. The molecule has 1 aliphatic rings. The highest BCUT2D eigenvalue weighted by Gasteiger charge is 2.17. The zero-order valence-electron chi connectivity index (χ0n) is 11.6. The van der Waals surface area contributed by atoms with Crippen molar-refractivity contribution in [2.45, 2.75) is 33.2 Å². The van der Waals surface area contributed by atoms with Crippen LogP contribution in [-0.4, -0.2) is 19.0 Å². The molecule has 1 saturated heterocycles. The smallest absolute Gasteiger partial charge is 0.220 e. The van der Waals surface area contributed by atoms with Crippen LogP contribution in [-0.2, 0) is 11.3 Å². The molecule has 1 aromatic carbocycles. The van der Waals surface area contributed by atoms with Crippen LogP contribution in [0.1, 0.15) is 29.5 Å². The first-order valence-corrected chi connectivity index (χ1v) is 6.79. The quantitative estimate of drug-likeness (QED) is 0.874. The van der Waals surface area contributed by atoms with E-state index in [0.717, 1.165) is 25.1 Å². The average molecular weight is 264 g/mol. The van der Waals surface area contributed by atoms with Crippen molar-refractivity contribution in [1.29, 1.82) is 0 Å². The van der Waals surface area contributed by atoms with E-state index in [-0.39, 0.29) is 11.7 Å². The van der Waals surface area contributed by atoms with Gasteiger partial charge < -0.3 is 10.6 Å². The second-order valence-corrected chi connectivity index (χ2v) is 5.38. The van der Waals surface area contributed by atoms with E-state index in [1.807, 2.05) is 0 Å². The number of carbonyl (C=O) groups is 1. The number of hydrogen-bond donors (Lipinski definition) is 2. The molecule has 19 heavy (non-hydrogen) atoms. The normalized spacial score (nSPS) is 18.6. The number of benzene rings is 1. The number of nitrogens with one attached hydrogen (secondary N) is 2. The Balaban J connectivity index is 1.86. The molecule has 0 spiro atoms. The first-order chi connectivity index (χ1) is 9.06. The Bertz CT molecular complexity index is 444. The molecular weight excluding hydrogens is 243 g/mol. The predicted molar refractivity (Wildman–Crippen MR) is 73.3 cm³/mol. The summed E-state index contributed by atoms with van der Waals surface area (Å²) in [5.74, 6) is 0.372.